The normalized spacial score (nSPS) is 9.71. The van der Waals surface area contributed by atoms with Crippen LogP contribution in [-0.2, 0) is 4.79 Å². The first-order valence-electron chi connectivity index (χ1n) is 4.98. The van der Waals surface area contributed by atoms with Gasteiger partial charge in [0.05, 0.1) is 10.6 Å². The number of amides is 1. The molecule has 4 nitrogen and oxygen atoms in total. The summed E-state index contributed by atoms with van der Waals surface area (Å²) in [4.78, 5) is 22.1. The van der Waals surface area contributed by atoms with Crippen LogP contribution in [-0.4, -0.2) is 17.0 Å². The number of benzene rings is 1. The first kappa shape index (κ1) is 13.3. The molecule has 0 fully saturated rings. The van der Waals surface area contributed by atoms with Gasteiger partial charge in [-0.25, -0.2) is 4.79 Å². The summed E-state index contributed by atoms with van der Waals surface area (Å²) in [6, 6.07) is 4.27. The van der Waals surface area contributed by atoms with Gasteiger partial charge < -0.3 is 10.4 Å². The number of carbonyl (C=O) groups excluding carboxylic acids is 1. The van der Waals surface area contributed by atoms with Crippen LogP contribution in [0.5, 0.6) is 0 Å². The second-order valence-corrected chi connectivity index (χ2v) is 3.78. The largest absolute Gasteiger partial charge is 0.478 e. The Morgan fingerprint density at radius 2 is 2.18 bits per heavy atom. The maximum atomic E-state index is 11.4. The lowest BCUT2D eigenvalue weighted by Crippen LogP contribution is -2.11. The van der Waals surface area contributed by atoms with E-state index in [4.69, 9.17) is 16.7 Å². The standard InChI is InChI=1S/C12H12ClNO3/c1-2-3-4-11(15)14-8-5-6-9(12(16)17)10(13)7-8/h2,5-7H,1,3-4H2,(H,14,15)(H,16,17). The smallest absolute Gasteiger partial charge is 0.337 e. The number of carboxylic acid groups (broad SMARTS) is 1. The fraction of sp³-hybridized carbons (Fsp3) is 0.167. The summed E-state index contributed by atoms with van der Waals surface area (Å²) in [5.74, 6) is -1.26. The maximum absolute atomic E-state index is 11.4. The van der Waals surface area contributed by atoms with Crippen LogP contribution >= 0.6 is 11.6 Å². The van der Waals surface area contributed by atoms with Crippen molar-refractivity contribution in [3.8, 4) is 0 Å². The second-order valence-electron chi connectivity index (χ2n) is 3.38. The number of carbonyl (C=O) groups is 2. The Morgan fingerprint density at radius 3 is 2.71 bits per heavy atom. The Hall–Kier alpha value is -1.81. The molecule has 0 heterocycles. The van der Waals surface area contributed by atoms with E-state index in [1.807, 2.05) is 0 Å². The zero-order valence-corrected chi connectivity index (χ0v) is 9.83. The Kier molecular flexibility index (Phi) is 4.72. The molecule has 17 heavy (non-hydrogen) atoms. The van der Waals surface area contributed by atoms with Gasteiger partial charge in [-0.1, -0.05) is 17.7 Å². The number of hydrogen-bond acceptors (Lipinski definition) is 2. The number of anilines is 1. The fourth-order valence-electron chi connectivity index (χ4n) is 1.22. The van der Waals surface area contributed by atoms with Crippen LogP contribution < -0.4 is 5.32 Å². The van der Waals surface area contributed by atoms with E-state index in [2.05, 4.69) is 11.9 Å². The highest BCUT2D eigenvalue weighted by atomic mass is 35.5. The third kappa shape index (κ3) is 3.92. The lowest BCUT2D eigenvalue weighted by molar-refractivity contribution is -0.116. The quantitative estimate of drug-likeness (QED) is 0.793. The number of nitrogens with one attached hydrogen (secondary N) is 1. The van der Waals surface area contributed by atoms with E-state index in [-0.39, 0.29) is 16.5 Å². The van der Waals surface area contributed by atoms with Crippen molar-refractivity contribution in [1.29, 1.82) is 0 Å². The van der Waals surface area contributed by atoms with E-state index >= 15 is 0 Å². The minimum absolute atomic E-state index is 0.00996. The number of carboxylic acids is 1. The minimum atomic E-state index is -1.10. The van der Waals surface area contributed by atoms with E-state index in [9.17, 15) is 9.59 Å². The van der Waals surface area contributed by atoms with Crippen molar-refractivity contribution in [3.05, 3.63) is 41.4 Å². The number of rotatable bonds is 5. The second kappa shape index (κ2) is 6.06. The van der Waals surface area contributed by atoms with Gasteiger partial charge in [0.2, 0.25) is 5.91 Å². The lowest BCUT2D eigenvalue weighted by Gasteiger charge is -2.06. The molecule has 0 aromatic heterocycles. The van der Waals surface area contributed by atoms with E-state index < -0.39 is 5.97 Å². The Bertz CT molecular complexity index is 457. The first-order valence-corrected chi connectivity index (χ1v) is 5.36. The molecule has 0 radical (unpaired) electrons. The summed E-state index contributed by atoms with van der Waals surface area (Å²) in [6.45, 7) is 3.52. The number of allylic oxidation sites excluding steroid dienone is 1. The molecule has 1 aromatic carbocycles. The predicted molar refractivity (Wildman–Crippen MR) is 66.5 cm³/mol. The van der Waals surface area contributed by atoms with Crippen molar-refractivity contribution < 1.29 is 14.7 Å². The predicted octanol–water partition coefficient (Wildman–Crippen LogP) is 2.94. The molecule has 5 heteroatoms. The lowest BCUT2D eigenvalue weighted by atomic mass is 10.2. The van der Waals surface area contributed by atoms with Crippen molar-refractivity contribution in [2.45, 2.75) is 12.8 Å². The van der Waals surface area contributed by atoms with Gasteiger partial charge in [0.25, 0.3) is 0 Å². The summed E-state index contributed by atoms with van der Waals surface area (Å²) in [5, 5.41) is 11.5. The van der Waals surface area contributed by atoms with Gasteiger partial charge in [0.15, 0.2) is 0 Å². The highest BCUT2D eigenvalue weighted by Crippen LogP contribution is 2.21. The zero-order chi connectivity index (χ0) is 12.8. The van der Waals surface area contributed by atoms with Crippen LogP contribution in [0.15, 0.2) is 30.9 Å². The molecule has 0 spiro atoms. The van der Waals surface area contributed by atoms with E-state index in [1.165, 1.54) is 18.2 Å². The minimum Gasteiger partial charge on any atom is -0.478 e. The molecule has 0 bridgehead atoms. The van der Waals surface area contributed by atoms with Crippen molar-refractivity contribution in [3.63, 3.8) is 0 Å². The monoisotopic (exact) mass is 253 g/mol. The van der Waals surface area contributed by atoms with Crippen molar-refractivity contribution in [1.82, 2.24) is 0 Å². The number of aromatic carboxylic acids is 1. The van der Waals surface area contributed by atoms with Gasteiger partial charge in [0.1, 0.15) is 0 Å². The molecule has 2 N–H and O–H groups in total. The average Bonchev–Trinajstić information content (AvgIpc) is 2.26. The molecule has 0 unspecified atom stereocenters. The molecular weight excluding hydrogens is 242 g/mol. The van der Waals surface area contributed by atoms with Gasteiger partial charge in [-0.15, -0.1) is 6.58 Å². The van der Waals surface area contributed by atoms with Gasteiger partial charge in [-0.2, -0.15) is 0 Å². The summed E-state index contributed by atoms with van der Waals surface area (Å²) in [5.41, 5.74) is 0.491. The summed E-state index contributed by atoms with van der Waals surface area (Å²) >= 11 is 5.76. The molecule has 0 saturated carbocycles. The third-order valence-electron chi connectivity index (χ3n) is 2.06. The van der Waals surface area contributed by atoms with Gasteiger partial charge in [-0.05, 0) is 24.6 Å². The highest BCUT2D eigenvalue weighted by molar-refractivity contribution is 6.33. The van der Waals surface area contributed by atoms with Crippen LogP contribution in [0.4, 0.5) is 5.69 Å². The molecule has 0 aliphatic carbocycles. The first-order chi connectivity index (χ1) is 8.04. The SMILES string of the molecule is C=CCCC(=O)Nc1ccc(C(=O)O)c(Cl)c1. The molecule has 1 amide bonds. The molecule has 0 saturated heterocycles. The number of halogens is 1. The fourth-order valence-corrected chi connectivity index (χ4v) is 1.48. The molecular formula is C12H12ClNO3. The highest BCUT2D eigenvalue weighted by Gasteiger charge is 2.09. The van der Waals surface area contributed by atoms with Gasteiger partial charge in [-0.3, -0.25) is 4.79 Å². The molecule has 1 aromatic rings. The van der Waals surface area contributed by atoms with Crippen molar-refractivity contribution in [2.75, 3.05) is 5.32 Å². The molecule has 0 atom stereocenters. The average molecular weight is 254 g/mol. The molecule has 90 valence electrons. The van der Waals surface area contributed by atoms with Gasteiger partial charge in [0, 0.05) is 12.1 Å². The van der Waals surface area contributed by atoms with E-state index in [1.54, 1.807) is 6.08 Å². The Morgan fingerprint density at radius 1 is 1.47 bits per heavy atom. The van der Waals surface area contributed by atoms with Crippen molar-refractivity contribution >= 4 is 29.2 Å². The summed E-state index contributed by atoms with van der Waals surface area (Å²) < 4.78 is 0. The van der Waals surface area contributed by atoms with Crippen LogP contribution in [0.2, 0.25) is 5.02 Å². The summed E-state index contributed by atoms with van der Waals surface area (Å²) in [7, 11) is 0. The molecule has 1 rings (SSSR count). The number of hydrogen-bond donors (Lipinski definition) is 2. The van der Waals surface area contributed by atoms with Crippen LogP contribution in [0, 0.1) is 0 Å². The third-order valence-corrected chi connectivity index (χ3v) is 2.37. The molecule has 0 aliphatic rings. The molecule has 0 aliphatic heterocycles. The Labute approximate surface area is 104 Å². The van der Waals surface area contributed by atoms with Crippen LogP contribution in [0.25, 0.3) is 0 Å². The van der Waals surface area contributed by atoms with Crippen LogP contribution in [0.3, 0.4) is 0 Å². The van der Waals surface area contributed by atoms with Crippen LogP contribution in [0.1, 0.15) is 23.2 Å². The Balaban J connectivity index is 2.74. The maximum Gasteiger partial charge on any atom is 0.337 e. The van der Waals surface area contributed by atoms with Gasteiger partial charge >= 0.3 is 5.97 Å². The zero-order valence-electron chi connectivity index (χ0n) is 9.07. The summed E-state index contributed by atoms with van der Waals surface area (Å²) in [6.07, 6.45) is 2.58. The van der Waals surface area contributed by atoms with E-state index in [0.29, 0.717) is 18.5 Å². The topological polar surface area (TPSA) is 66.4 Å². The van der Waals surface area contributed by atoms with E-state index in [0.717, 1.165) is 0 Å². The van der Waals surface area contributed by atoms with Crippen molar-refractivity contribution in [2.24, 2.45) is 0 Å².